The summed E-state index contributed by atoms with van der Waals surface area (Å²) in [4.78, 5) is 0. The zero-order chi connectivity index (χ0) is 44.3. The molecule has 0 bridgehead atoms. The summed E-state index contributed by atoms with van der Waals surface area (Å²) in [6, 6.07) is 45.8. The molecule has 0 atom stereocenters. The van der Waals surface area contributed by atoms with Crippen molar-refractivity contribution in [3.8, 4) is 46.0 Å². The number of phenolic OH excluding ortho intramolecular Hbond substituents is 8. The lowest BCUT2D eigenvalue weighted by atomic mass is 9.93. The number of hydrogen-bond acceptors (Lipinski definition) is 8. The first-order valence-corrected chi connectivity index (χ1v) is 20.3. The van der Waals surface area contributed by atoms with Gasteiger partial charge in [0.2, 0.25) is 0 Å². The molecule has 8 nitrogen and oxygen atoms in total. The van der Waals surface area contributed by atoms with Crippen LogP contribution >= 0.6 is 0 Å². The first kappa shape index (κ1) is 46.4. The molecule has 61 heavy (non-hydrogen) atoms. The van der Waals surface area contributed by atoms with Crippen LogP contribution in [0.15, 0.2) is 158 Å². The maximum Gasteiger partial charge on any atom is 0.119 e. The lowest BCUT2D eigenvalue weighted by Gasteiger charge is -2.13. The molecule has 0 radical (unpaired) electrons. The summed E-state index contributed by atoms with van der Waals surface area (Å²) in [6.45, 7) is 8.36. The largest absolute Gasteiger partial charge is 0.508 e. The molecule has 0 aliphatic heterocycles. The highest BCUT2D eigenvalue weighted by Gasteiger charge is 2.14. The predicted molar refractivity (Wildman–Crippen MR) is 247 cm³/mol. The van der Waals surface area contributed by atoms with Gasteiger partial charge in [-0.2, -0.15) is 0 Å². The standard InChI is InChI=1S/C21H16O4.4C8H10O/c22-14-5-1-12-3-7-20(24)18(16(12)9-14)11-19-17-10-15(23)6-2-13(17)4-8-21(19)25;4*1-2-7-3-5-8(9)6-4-7/h1-10,22-25H,11H2;4*3-6,9H,2H2,1H3. The zero-order valence-electron chi connectivity index (χ0n) is 35.1. The maximum atomic E-state index is 10.4. The fourth-order valence-electron chi connectivity index (χ4n) is 6.19. The van der Waals surface area contributed by atoms with E-state index in [1.165, 1.54) is 22.3 Å². The summed E-state index contributed by atoms with van der Waals surface area (Å²) < 4.78 is 0. The quantitative estimate of drug-likeness (QED) is 0.0822. The minimum Gasteiger partial charge on any atom is -0.508 e. The molecule has 0 fully saturated rings. The van der Waals surface area contributed by atoms with Gasteiger partial charge < -0.3 is 40.9 Å². The van der Waals surface area contributed by atoms with Crippen molar-refractivity contribution in [3.05, 3.63) is 191 Å². The highest BCUT2D eigenvalue weighted by Crippen LogP contribution is 2.37. The van der Waals surface area contributed by atoms with Crippen LogP contribution in [0.4, 0.5) is 0 Å². The average Bonchev–Trinajstić information content (AvgIpc) is 3.27. The second-order valence-electron chi connectivity index (χ2n) is 14.2. The second-order valence-corrected chi connectivity index (χ2v) is 14.2. The third-order valence-electron chi connectivity index (χ3n) is 9.92. The van der Waals surface area contributed by atoms with Gasteiger partial charge in [0.1, 0.15) is 46.0 Å². The average molecular weight is 821 g/mol. The summed E-state index contributed by atoms with van der Waals surface area (Å²) in [6.07, 6.45) is 4.38. The molecule has 8 rings (SSSR count). The van der Waals surface area contributed by atoms with E-state index in [1.807, 2.05) is 48.5 Å². The zero-order valence-corrected chi connectivity index (χ0v) is 35.1. The predicted octanol–water partition coefficient (Wildman–Crippen LogP) is 12.2. The molecule has 0 spiro atoms. The van der Waals surface area contributed by atoms with E-state index in [1.54, 1.807) is 109 Å². The fraction of sp³-hybridized carbons (Fsp3) is 0.170. The third kappa shape index (κ3) is 14.5. The van der Waals surface area contributed by atoms with Crippen molar-refractivity contribution in [2.45, 2.75) is 59.8 Å². The van der Waals surface area contributed by atoms with Gasteiger partial charge in [0.25, 0.3) is 0 Å². The van der Waals surface area contributed by atoms with E-state index in [2.05, 4.69) is 27.7 Å². The molecule has 0 unspecified atom stereocenters. The molecular formula is C53H56O8. The number of hydrogen-bond donors (Lipinski definition) is 8. The molecule has 8 aromatic rings. The fourth-order valence-corrected chi connectivity index (χ4v) is 6.19. The van der Waals surface area contributed by atoms with Gasteiger partial charge in [0.15, 0.2) is 0 Å². The Labute approximate surface area is 358 Å². The number of fused-ring (bicyclic) bond motifs is 2. The monoisotopic (exact) mass is 820 g/mol. The number of phenols is 8. The van der Waals surface area contributed by atoms with E-state index in [4.69, 9.17) is 20.4 Å². The Kier molecular flexibility index (Phi) is 17.7. The van der Waals surface area contributed by atoms with Crippen LogP contribution in [0, 0.1) is 0 Å². The number of aryl methyl sites for hydroxylation is 4. The van der Waals surface area contributed by atoms with Gasteiger partial charge in [-0.15, -0.1) is 0 Å². The van der Waals surface area contributed by atoms with Gasteiger partial charge in [-0.05, 0) is 154 Å². The summed E-state index contributed by atoms with van der Waals surface area (Å²) in [5.41, 5.74) is 6.25. The molecule has 8 N–H and O–H groups in total. The molecule has 8 aromatic carbocycles. The third-order valence-corrected chi connectivity index (χ3v) is 9.92. The van der Waals surface area contributed by atoms with Crippen LogP contribution in [0.25, 0.3) is 21.5 Å². The lowest BCUT2D eigenvalue weighted by Crippen LogP contribution is -1.94. The normalized spacial score (nSPS) is 10.2. The Morgan fingerprint density at radius 1 is 0.279 bits per heavy atom. The van der Waals surface area contributed by atoms with Crippen LogP contribution in [-0.4, -0.2) is 40.9 Å². The van der Waals surface area contributed by atoms with E-state index >= 15 is 0 Å². The van der Waals surface area contributed by atoms with Crippen molar-refractivity contribution in [2.75, 3.05) is 0 Å². The first-order valence-electron chi connectivity index (χ1n) is 20.3. The molecule has 0 aliphatic carbocycles. The SMILES string of the molecule is CCc1ccc(O)cc1.CCc1ccc(O)cc1.CCc1ccc(O)cc1.CCc1ccc(O)cc1.Oc1ccc2ccc(O)c(Cc3c(O)ccc4ccc(O)cc34)c2c1. The first-order chi connectivity index (χ1) is 29.3. The Bertz CT molecular complexity index is 2270. The Hall–Kier alpha value is -7.32. The molecule has 0 saturated carbocycles. The van der Waals surface area contributed by atoms with Crippen LogP contribution in [-0.2, 0) is 32.1 Å². The van der Waals surface area contributed by atoms with E-state index in [-0.39, 0.29) is 29.4 Å². The van der Waals surface area contributed by atoms with Crippen LogP contribution < -0.4 is 0 Å². The highest BCUT2D eigenvalue weighted by molar-refractivity contribution is 5.92. The molecule has 0 amide bonds. The van der Waals surface area contributed by atoms with Crippen LogP contribution in [0.5, 0.6) is 46.0 Å². The number of rotatable bonds is 6. The van der Waals surface area contributed by atoms with E-state index in [9.17, 15) is 20.4 Å². The van der Waals surface area contributed by atoms with Crippen molar-refractivity contribution >= 4 is 21.5 Å². The molecule has 0 saturated heterocycles. The van der Waals surface area contributed by atoms with Gasteiger partial charge in [-0.1, -0.05) is 100 Å². The van der Waals surface area contributed by atoms with Crippen molar-refractivity contribution in [1.29, 1.82) is 0 Å². The second kappa shape index (κ2) is 23.3. The minimum atomic E-state index is 0.0923. The van der Waals surface area contributed by atoms with Gasteiger partial charge in [-0.3, -0.25) is 0 Å². The van der Waals surface area contributed by atoms with Gasteiger partial charge >= 0.3 is 0 Å². The van der Waals surface area contributed by atoms with Crippen LogP contribution in [0.3, 0.4) is 0 Å². The Balaban J connectivity index is 0.000000188. The number of benzene rings is 8. The molecule has 8 heteroatoms. The molecular weight excluding hydrogens is 765 g/mol. The van der Waals surface area contributed by atoms with Crippen molar-refractivity contribution in [1.82, 2.24) is 0 Å². The summed E-state index contributed by atoms with van der Waals surface area (Å²) >= 11 is 0. The molecule has 0 heterocycles. The Morgan fingerprint density at radius 3 is 0.754 bits per heavy atom. The van der Waals surface area contributed by atoms with Gasteiger partial charge in [0, 0.05) is 17.5 Å². The van der Waals surface area contributed by atoms with Crippen molar-refractivity contribution < 1.29 is 40.9 Å². The summed E-state index contributed by atoms with van der Waals surface area (Å²) in [5, 5.41) is 79.0. The van der Waals surface area contributed by atoms with Crippen LogP contribution in [0.1, 0.15) is 61.1 Å². The summed E-state index contributed by atoms with van der Waals surface area (Å²) in [7, 11) is 0. The Morgan fingerprint density at radius 2 is 0.508 bits per heavy atom. The summed E-state index contributed by atoms with van der Waals surface area (Å²) in [5.74, 6) is 1.77. The molecule has 0 aromatic heterocycles. The van der Waals surface area contributed by atoms with Gasteiger partial charge in [-0.25, -0.2) is 0 Å². The highest BCUT2D eigenvalue weighted by atomic mass is 16.3. The smallest absolute Gasteiger partial charge is 0.119 e. The topological polar surface area (TPSA) is 162 Å². The van der Waals surface area contributed by atoms with E-state index < -0.39 is 0 Å². The van der Waals surface area contributed by atoms with Crippen molar-refractivity contribution in [2.24, 2.45) is 0 Å². The van der Waals surface area contributed by atoms with E-state index in [0.717, 1.165) is 47.2 Å². The van der Waals surface area contributed by atoms with E-state index in [0.29, 0.717) is 34.1 Å². The van der Waals surface area contributed by atoms with Crippen molar-refractivity contribution in [3.63, 3.8) is 0 Å². The molecule has 0 aliphatic rings. The van der Waals surface area contributed by atoms with Crippen LogP contribution in [0.2, 0.25) is 0 Å². The molecule has 316 valence electrons. The maximum absolute atomic E-state index is 10.4. The van der Waals surface area contributed by atoms with Gasteiger partial charge in [0.05, 0.1) is 0 Å². The lowest BCUT2D eigenvalue weighted by molar-refractivity contribution is 0.464. The number of aromatic hydroxyl groups is 8. The minimum absolute atomic E-state index is 0.0923.